The van der Waals surface area contributed by atoms with E-state index in [9.17, 15) is 9.59 Å². The molecule has 4 N–H and O–H groups in total. The molecule has 10 heteroatoms. The molecule has 1 atom stereocenters. The van der Waals surface area contributed by atoms with Gasteiger partial charge >= 0.3 is 0 Å². The number of rotatable bonds is 3. The Morgan fingerprint density at radius 2 is 1.88 bits per heavy atom. The van der Waals surface area contributed by atoms with E-state index in [1.54, 1.807) is 50.6 Å². The molecule has 0 aliphatic carbocycles. The van der Waals surface area contributed by atoms with Gasteiger partial charge in [0.05, 0.1) is 12.1 Å². The van der Waals surface area contributed by atoms with Crippen molar-refractivity contribution in [3.63, 3.8) is 0 Å². The van der Waals surface area contributed by atoms with Crippen LogP contribution in [-0.4, -0.2) is 41.8 Å². The minimum atomic E-state index is -1.41. The van der Waals surface area contributed by atoms with Crippen molar-refractivity contribution in [2.45, 2.75) is 5.54 Å². The van der Waals surface area contributed by atoms with E-state index in [4.69, 9.17) is 22.1 Å². The Balaban J connectivity index is 1.63. The van der Waals surface area contributed by atoms with E-state index in [-0.39, 0.29) is 17.6 Å². The molecular formula is C23H19ClN6O3. The molecule has 2 aliphatic rings. The lowest BCUT2D eigenvalue weighted by molar-refractivity contribution is -0.129. The molecule has 0 saturated carbocycles. The van der Waals surface area contributed by atoms with Gasteiger partial charge in [0.15, 0.2) is 11.5 Å². The van der Waals surface area contributed by atoms with E-state index >= 15 is 0 Å². The molecule has 166 valence electrons. The van der Waals surface area contributed by atoms with Gasteiger partial charge in [0.1, 0.15) is 11.4 Å². The number of hydrogen-bond acceptors (Lipinski definition) is 7. The third kappa shape index (κ3) is 3.16. The van der Waals surface area contributed by atoms with Crippen LogP contribution in [0.4, 0.5) is 17.1 Å². The number of nitrogens with one attached hydrogen (secondary N) is 2. The molecular weight excluding hydrogens is 444 g/mol. The van der Waals surface area contributed by atoms with Crippen molar-refractivity contribution in [2.24, 2.45) is 10.7 Å². The Labute approximate surface area is 194 Å². The number of methoxy groups -OCH3 is 1. The molecule has 9 nitrogen and oxygen atoms in total. The van der Waals surface area contributed by atoms with Crippen molar-refractivity contribution in [2.75, 3.05) is 24.8 Å². The van der Waals surface area contributed by atoms with Gasteiger partial charge in [-0.05, 0) is 48.5 Å². The molecule has 33 heavy (non-hydrogen) atoms. The molecule has 0 fully saturated rings. The van der Waals surface area contributed by atoms with Crippen LogP contribution in [0.25, 0.3) is 0 Å². The number of hydrogen-bond donors (Lipinski definition) is 3. The van der Waals surface area contributed by atoms with Crippen molar-refractivity contribution >= 4 is 46.4 Å². The maximum atomic E-state index is 13.6. The molecule has 3 aromatic rings. The number of aromatic nitrogens is 1. The predicted molar refractivity (Wildman–Crippen MR) is 125 cm³/mol. The topological polar surface area (TPSA) is 122 Å². The zero-order chi connectivity index (χ0) is 23.3. The number of carbonyl (C=O) groups is 2. The van der Waals surface area contributed by atoms with Crippen LogP contribution in [0.5, 0.6) is 5.75 Å². The summed E-state index contributed by atoms with van der Waals surface area (Å²) in [6, 6.07) is 13.7. The number of nitrogens with two attached hydrogens (primary N) is 1. The highest BCUT2D eigenvalue weighted by Crippen LogP contribution is 2.51. The summed E-state index contributed by atoms with van der Waals surface area (Å²) in [6.45, 7) is 0. The van der Waals surface area contributed by atoms with Gasteiger partial charge in [0.2, 0.25) is 0 Å². The maximum absolute atomic E-state index is 13.6. The average molecular weight is 463 g/mol. The first-order valence-corrected chi connectivity index (χ1v) is 10.4. The SMILES string of the molecule is COc1ccc2c(c1)C1(N=C(N)N(C)C1=O)c1cc(NC(=O)c3ccc(Cl)cn3)ccc1N2. The smallest absolute Gasteiger partial charge is 0.274 e. The Hall–Kier alpha value is -4.11. The molecule has 0 bridgehead atoms. The number of guanidine groups is 1. The number of halogens is 1. The molecule has 1 unspecified atom stereocenters. The summed E-state index contributed by atoms with van der Waals surface area (Å²) in [6.07, 6.45) is 1.40. The molecule has 3 heterocycles. The van der Waals surface area contributed by atoms with Crippen LogP contribution >= 0.6 is 11.6 Å². The fourth-order valence-electron chi connectivity index (χ4n) is 4.08. The Kier molecular flexibility index (Phi) is 4.71. The van der Waals surface area contributed by atoms with E-state index in [0.717, 1.165) is 0 Å². The van der Waals surface area contributed by atoms with Gasteiger partial charge in [0, 0.05) is 41.4 Å². The zero-order valence-corrected chi connectivity index (χ0v) is 18.5. The predicted octanol–water partition coefficient (Wildman–Crippen LogP) is 3.08. The monoisotopic (exact) mass is 462 g/mol. The Morgan fingerprint density at radius 1 is 1.15 bits per heavy atom. The van der Waals surface area contributed by atoms with Crippen molar-refractivity contribution < 1.29 is 14.3 Å². The maximum Gasteiger partial charge on any atom is 0.274 e. The number of benzene rings is 2. The summed E-state index contributed by atoms with van der Waals surface area (Å²) >= 11 is 5.86. The van der Waals surface area contributed by atoms with E-state index < -0.39 is 11.4 Å². The highest BCUT2D eigenvalue weighted by atomic mass is 35.5. The summed E-state index contributed by atoms with van der Waals surface area (Å²) in [7, 11) is 3.13. The Bertz CT molecular complexity index is 1340. The van der Waals surface area contributed by atoms with Gasteiger partial charge in [-0.25, -0.2) is 9.98 Å². The van der Waals surface area contributed by atoms with Gasteiger partial charge in [-0.1, -0.05) is 11.6 Å². The zero-order valence-electron chi connectivity index (χ0n) is 17.7. The quantitative estimate of drug-likeness (QED) is 0.549. The summed E-state index contributed by atoms with van der Waals surface area (Å²) < 4.78 is 5.39. The third-order valence-electron chi connectivity index (χ3n) is 5.75. The van der Waals surface area contributed by atoms with Crippen LogP contribution in [0.3, 0.4) is 0 Å². The van der Waals surface area contributed by atoms with E-state index in [1.807, 2.05) is 6.07 Å². The molecule has 0 saturated heterocycles. The van der Waals surface area contributed by atoms with Crippen LogP contribution in [0, 0.1) is 0 Å². The van der Waals surface area contributed by atoms with Crippen LogP contribution in [-0.2, 0) is 10.3 Å². The standard InChI is InChI=1S/C23H19ClN6O3/c1-30-21(32)23(29-22(30)25)15-9-13(27-20(31)19-6-3-12(24)11-26-19)4-7-17(15)28-18-8-5-14(33-2)10-16(18)23/h3-11,28H,1-2H3,(H2,25,29)(H,27,31). The second-order valence-corrected chi connectivity index (χ2v) is 8.09. The van der Waals surface area contributed by atoms with Crippen molar-refractivity contribution in [3.8, 4) is 5.75 Å². The first-order chi connectivity index (χ1) is 15.8. The average Bonchev–Trinajstić information content (AvgIpc) is 3.04. The van der Waals surface area contributed by atoms with Crippen LogP contribution in [0.2, 0.25) is 5.02 Å². The number of ether oxygens (including phenoxy) is 1. The minimum Gasteiger partial charge on any atom is -0.497 e. The largest absolute Gasteiger partial charge is 0.497 e. The van der Waals surface area contributed by atoms with Crippen LogP contribution in [0.15, 0.2) is 59.7 Å². The van der Waals surface area contributed by atoms with Crippen molar-refractivity contribution in [1.29, 1.82) is 0 Å². The summed E-state index contributed by atoms with van der Waals surface area (Å²) in [5.41, 5.74) is 7.90. The lowest BCUT2D eigenvalue weighted by Crippen LogP contribution is -2.43. The number of amides is 2. The summed E-state index contributed by atoms with van der Waals surface area (Å²) in [5, 5.41) is 6.58. The lowest BCUT2D eigenvalue weighted by atomic mass is 9.78. The van der Waals surface area contributed by atoms with Crippen LogP contribution < -0.4 is 21.1 Å². The van der Waals surface area contributed by atoms with Gasteiger partial charge in [0.25, 0.3) is 11.8 Å². The van der Waals surface area contributed by atoms with E-state index in [0.29, 0.717) is 39.0 Å². The highest BCUT2D eigenvalue weighted by molar-refractivity contribution is 6.30. The molecule has 2 aliphatic heterocycles. The minimum absolute atomic E-state index is 0.0985. The number of fused-ring (bicyclic) bond motifs is 4. The van der Waals surface area contributed by atoms with Crippen molar-refractivity contribution in [3.05, 3.63) is 76.6 Å². The van der Waals surface area contributed by atoms with Gasteiger partial charge < -0.3 is 21.1 Å². The van der Waals surface area contributed by atoms with Crippen LogP contribution in [0.1, 0.15) is 21.6 Å². The molecule has 2 aromatic carbocycles. The Morgan fingerprint density at radius 3 is 2.52 bits per heavy atom. The van der Waals surface area contributed by atoms with Gasteiger partial charge in [-0.2, -0.15) is 0 Å². The fourth-order valence-corrected chi connectivity index (χ4v) is 4.19. The highest BCUT2D eigenvalue weighted by Gasteiger charge is 2.53. The lowest BCUT2D eigenvalue weighted by Gasteiger charge is -2.35. The number of likely N-dealkylation sites (N-methyl/N-ethyl adjacent to an activating group) is 1. The van der Waals surface area contributed by atoms with Crippen molar-refractivity contribution in [1.82, 2.24) is 9.88 Å². The molecule has 2 amide bonds. The number of aliphatic imine (C=N–C) groups is 1. The normalized spacial score (nSPS) is 18.3. The summed E-state index contributed by atoms with van der Waals surface area (Å²) in [4.78, 5) is 36.2. The first kappa shape index (κ1) is 20.8. The molecule has 1 aromatic heterocycles. The second-order valence-electron chi connectivity index (χ2n) is 7.66. The van der Waals surface area contributed by atoms with Gasteiger partial charge in [-0.15, -0.1) is 0 Å². The number of carbonyl (C=O) groups excluding carboxylic acids is 2. The van der Waals surface area contributed by atoms with E-state index in [1.165, 1.54) is 17.2 Å². The first-order valence-electron chi connectivity index (χ1n) is 10.00. The number of anilines is 3. The molecule has 5 rings (SSSR count). The van der Waals surface area contributed by atoms with E-state index in [2.05, 4.69) is 20.6 Å². The summed E-state index contributed by atoms with van der Waals surface area (Å²) in [5.74, 6) is -0.0429. The number of nitrogens with zero attached hydrogens (tertiary/aromatic N) is 3. The van der Waals surface area contributed by atoms with Gasteiger partial charge in [-0.3, -0.25) is 14.5 Å². The fraction of sp³-hybridized carbons (Fsp3) is 0.130. The molecule has 1 spiro atoms. The third-order valence-corrected chi connectivity index (χ3v) is 5.98. The molecule has 0 radical (unpaired) electrons. The number of pyridine rings is 1. The second kappa shape index (κ2) is 7.49.